The number of carbonyl (C=O) groups is 8. The third kappa shape index (κ3) is 26.6. The Morgan fingerprint density at radius 1 is 0.603 bits per heavy atom. The highest BCUT2D eigenvalue weighted by molar-refractivity contribution is 5.86. The number of aliphatic carboxylic acids is 1. The zero-order valence-electron chi connectivity index (χ0n) is 36.1. The third-order valence-corrected chi connectivity index (χ3v) is 8.50. The number of ether oxygens (including phenoxy) is 2. The van der Waals surface area contributed by atoms with E-state index in [1.165, 1.54) is 0 Å². The molecular formula is C42H60F3N7O11. The molecule has 9 N–H and O–H groups in total. The molecule has 63 heavy (non-hydrogen) atoms. The van der Waals surface area contributed by atoms with E-state index in [9.17, 15) is 46.7 Å². The van der Waals surface area contributed by atoms with Crippen molar-refractivity contribution < 1.29 is 71.8 Å². The fourth-order valence-electron chi connectivity index (χ4n) is 5.47. The normalized spacial score (nSPS) is 13.7. The fraction of sp³-hybridized carbons (Fsp3) is 0.524. The van der Waals surface area contributed by atoms with Gasteiger partial charge in [0.25, 0.3) is 5.91 Å². The Hall–Kier alpha value is -6.25. The second-order valence-electron chi connectivity index (χ2n) is 15.0. The Balaban J connectivity index is 0.00000260. The molecule has 0 aliphatic heterocycles. The van der Waals surface area contributed by atoms with Crippen LogP contribution in [0.15, 0.2) is 60.7 Å². The van der Waals surface area contributed by atoms with Gasteiger partial charge in [-0.2, -0.15) is 13.2 Å². The molecule has 0 saturated carbocycles. The highest BCUT2D eigenvalue weighted by Gasteiger charge is 2.29. The first-order chi connectivity index (χ1) is 29.5. The first kappa shape index (κ1) is 54.8. The highest BCUT2D eigenvalue weighted by Crippen LogP contribution is 2.12. The van der Waals surface area contributed by atoms with Crippen LogP contribution >= 0.6 is 0 Å². The molecule has 0 aliphatic rings. The molecule has 18 nitrogen and oxygen atoms in total. The van der Waals surface area contributed by atoms with E-state index in [-0.39, 0.29) is 68.9 Å². The van der Waals surface area contributed by atoms with E-state index in [1.807, 2.05) is 60.7 Å². The van der Waals surface area contributed by atoms with Gasteiger partial charge in [-0.25, -0.2) is 9.59 Å². The number of carboxylic acid groups (broad SMARTS) is 1. The summed E-state index contributed by atoms with van der Waals surface area (Å²) in [7, 11) is 0. The average Bonchev–Trinajstić information content (AvgIpc) is 3.18. The third-order valence-electron chi connectivity index (χ3n) is 8.50. The van der Waals surface area contributed by atoms with Gasteiger partial charge in [0.05, 0.1) is 0 Å². The Bertz CT molecular complexity index is 1770. The van der Waals surface area contributed by atoms with Crippen LogP contribution in [0.2, 0.25) is 0 Å². The summed E-state index contributed by atoms with van der Waals surface area (Å²) in [5, 5.41) is 25.1. The van der Waals surface area contributed by atoms with E-state index in [1.54, 1.807) is 34.6 Å². The largest absolute Gasteiger partial charge is 0.542 e. The van der Waals surface area contributed by atoms with Crippen molar-refractivity contribution in [1.29, 1.82) is 0 Å². The maximum atomic E-state index is 13.1. The molecule has 350 valence electrons. The molecule has 6 atom stereocenters. The van der Waals surface area contributed by atoms with Crippen molar-refractivity contribution in [3.8, 4) is 0 Å². The molecule has 0 saturated heterocycles. The summed E-state index contributed by atoms with van der Waals surface area (Å²) < 4.78 is 42.3. The summed E-state index contributed by atoms with van der Waals surface area (Å²) in [6.45, 7) is 8.85. The number of rotatable bonds is 24. The molecule has 0 spiro atoms. The van der Waals surface area contributed by atoms with Crippen molar-refractivity contribution in [2.75, 3.05) is 6.54 Å². The summed E-state index contributed by atoms with van der Waals surface area (Å²) in [4.78, 5) is 96.4. The monoisotopic (exact) mass is 895 g/mol. The zero-order chi connectivity index (χ0) is 47.5. The number of benzene rings is 2. The number of alkyl carbamates (subject to hydrolysis) is 1. The molecule has 21 heteroatoms. The number of hydrogen-bond acceptors (Lipinski definition) is 11. The lowest BCUT2D eigenvalue weighted by Gasteiger charge is -2.21. The first-order valence-electron chi connectivity index (χ1n) is 20.3. The second-order valence-corrected chi connectivity index (χ2v) is 15.0. The zero-order valence-corrected chi connectivity index (χ0v) is 36.1. The minimum absolute atomic E-state index is 0.0162. The van der Waals surface area contributed by atoms with Crippen molar-refractivity contribution in [2.24, 2.45) is 0 Å². The lowest BCUT2D eigenvalue weighted by Crippen LogP contribution is -2.66. The minimum Gasteiger partial charge on any atom is -0.542 e. The van der Waals surface area contributed by atoms with Gasteiger partial charge in [-0.1, -0.05) is 60.7 Å². The molecule has 0 aliphatic carbocycles. The van der Waals surface area contributed by atoms with Crippen LogP contribution in [0.3, 0.4) is 0 Å². The fourth-order valence-corrected chi connectivity index (χ4v) is 5.47. The van der Waals surface area contributed by atoms with Gasteiger partial charge < -0.3 is 57.0 Å². The second kappa shape index (κ2) is 29.1. The summed E-state index contributed by atoms with van der Waals surface area (Å²) in [5.41, 5.74) is 5.30. The van der Waals surface area contributed by atoms with Gasteiger partial charge in [0.1, 0.15) is 25.2 Å². The van der Waals surface area contributed by atoms with Crippen LogP contribution in [-0.4, -0.2) is 96.5 Å². The molecule has 2 rings (SSSR count). The lowest BCUT2D eigenvalue weighted by molar-refractivity contribution is -0.398. The number of esters is 1. The van der Waals surface area contributed by atoms with Crippen LogP contribution in [0.5, 0.6) is 0 Å². The number of carboxylic acids is 1. The number of carbonyl (C=O) groups excluding carboxylic acids is 8. The molecule has 0 heterocycles. The maximum absolute atomic E-state index is 13.1. The topological polar surface area (TPSA) is 278 Å². The molecular weight excluding hydrogens is 835 g/mol. The quantitative estimate of drug-likeness (QED) is 0.0573. The Morgan fingerprint density at radius 3 is 1.38 bits per heavy atom. The predicted molar refractivity (Wildman–Crippen MR) is 219 cm³/mol. The molecule has 0 aromatic heterocycles. The molecule has 6 amide bonds. The van der Waals surface area contributed by atoms with Crippen molar-refractivity contribution in [2.45, 2.75) is 135 Å². The van der Waals surface area contributed by atoms with Crippen molar-refractivity contribution in [3.05, 3.63) is 71.8 Å². The molecule has 0 radical (unpaired) electrons. The smallest absolute Gasteiger partial charge is 0.430 e. The van der Waals surface area contributed by atoms with Gasteiger partial charge in [0.2, 0.25) is 23.6 Å². The van der Waals surface area contributed by atoms with Crippen LogP contribution in [0.4, 0.5) is 18.0 Å². The summed E-state index contributed by atoms with van der Waals surface area (Å²) in [5.74, 6) is -5.40. The van der Waals surface area contributed by atoms with Crippen molar-refractivity contribution in [3.63, 3.8) is 0 Å². The lowest BCUT2D eigenvalue weighted by atomic mass is 10.1. The minimum atomic E-state index is -5.19. The van der Waals surface area contributed by atoms with Gasteiger partial charge in [-0.05, 0) is 65.0 Å². The van der Waals surface area contributed by atoms with Crippen LogP contribution in [0.1, 0.15) is 90.7 Å². The summed E-state index contributed by atoms with van der Waals surface area (Å²) in [6.07, 6.45) is -4.62. The van der Waals surface area contributed by atoms with Gasteiger partial charge in [0, 0.05) is 56.4 Å². The standard InChI is InChI=1S/C40H59N7O9.C2HF3O2/c1-26(43-34(48)21-27(2)44-36(50)23-29(4)46-38(52)30(5)41)20-35(49)45-28(3)22-37(51)47-33(39(53)55-24-31-14-8-6-9-15-31)18-12-13-19-42-40(54)56-25-32-16-10-7-11-17-32;3-2(4,5)1(6)7/h6-11,14-17,26-30,33H,12-13,18-25,41H2,1-5H3,(H,42,54)(H,43,48)(H,44,50)(H,45,49)(H,46,52)(H,47,51);(H,6,7)/t26-,27+,28-,29+,30-,33-;/m0./s1. The number of halogens is 3. The number of amides is 6. The average molecular weight is 896 g/mol. The van der Waals surface area contributed by atoms with E-state index in [4.69, 9.17) is 19.4 Å². The Morgan fingerprint density at radius 2 is 0.984 bits per heavy atom. The van der Waals surface area contributed by atoms with E-state index < -0.39 is 66.4 Å². The molecule has 0 fully saturated rings. The van der Waals surface area contributed by atoms with Gasteiger partial charge in [-0.15, -0.1) is 0 Å². The van der Waals surface area contributed by atoms with E-state index >= 15 is 0 Å². The van der Waals surface area contributed by atoms with E-state index in [0.717, 1.165) is 11.1 Å². The van der Waals surface area contributed by atoms with Crippen LogP contribution in [0.25, 0.3) is 0 Å². The number of alkyl halides is 3. The van der Waals surface area contributed by atoms with Crippen LogP contribution in [-0.2, 0) is 56.2 Å². The number of unbranched alkanes of at least 4 members (excludes halogenated alkanes) is 1. The summed E-state index contributed by atoms with van der Waals surface area (Å²) in [6, 6.07) is 15.0. The number of nitrogens with one attached hydrogen (secondary N) is 6. The highest BCUT2D eigenvalue weighted by atomic mass is 19.4. The van der Waals surface area contributed by atoms with Crippen molar-refractivity contribution >= 4 is 47.6 Å². The summed E-state index contributed by atoms with van der Waals surface area (Å²) >= 11 is 0. The van der Waals surface area contributed by atoms with Gasteiger partial charge >= 0.3 is 18.2 Å². The molecule has 2 aromatic rings. The number of hydrogen-bond donors (Lipinski definition) is 7. The number of quaternary nitrogens is 1. The molecule has 0 unspecified atom stereocenters. The molecule has 0 bridgehead atoms. The molecule has 2 aromatic carbocycles. The van der Waals surface area contributed by atoms with Gasteiger partial charge in [0.15, 0.2) is 6.04 Å². The first-order valence-corrected chi connectivity index (χ1v) is 20.3. The van der Waals surface area contributed by atoms with Crippen molar-refractivity contribution in [1.82, 2.24) is 31.9 Å². The maximum Gasteiger partial charge on any atom is 0.430 e. The van der Waals surface area contributed by atoms with Gasteiger partial charge in [-0.3, -0.25) is 24.0 Å². The SMILES string of the molecule is C[C@H](CC(=O)N[C@@H](C)CC(=O)N[C@@H](C)CC(=O)N[C@@H](CCCCNC(=O)OCc1ccccc1)C(=O)OCc1ccccc1)NC(=O)C[C@@H](C)NC(=O)[C@H](C)[NH3+].O=C([O-])C(F)(F)F. The van der Waals surface area contributed by atoms with Crippen LogP contribution in [0, 0.1) is 0 Å². The van der Waals surface area contributed by atoms with Crippen LogP contribution < -0.4 is 42.7 Å². The van der Waals surface area contributed by atoms with E-state index in [2.05, 4.69) is 37.6 Å². The predicted octanol–water partition coefficient (Wildman–Crippen LogP) is 0.820. The Labute approximate surface area is 364 Å². The Kier molecular flexibility index (Phi) is 25.3. The van der Waals surface area contributed by atoms with E-state index in [0.29, 0.717) is 19.4 Å².